The first-order chi connectivity index (χ1) is 12.6. The summed E-state index contributed by atoms with van der Waals surface area (Å²) < 4.78 is 5.55. The van der Waals surface area contributed by atoms with Crippen LogP contribution in [0.2, 0.25) is 0 Å². The fourth-order valence-corrected chi connectivity index (χ4v) is 3.35. The van der Waals surface area contributed by atoms with Crippen LogP contribution < -0.4 is 10.2 Å². The lowest BCUT2D eigenvalue weighted by atomic mass is 10.0. The molecule has 1 fully saturated rings. The van der Waals surface area contributed by atoms with Crippen molar-refractivity contribution in [3.8, 4) is 0 Å². The topological polar surface area (TPSA) is 58.6 Å². The average Bonchev–Trinajstić information content (AvgIpc) is 3.06. The minimum Gasteiger partial charge on any atom is -0.375 e. The van der Waals surface area contributed by atoms with Crippen molar-refractivity contribution in [3.63, 3.8) is 0 Å². The van der Waals surface area contributed by atoms with E-state index in [9.17, 15) is 9.59 Å². The number of anilines is 1. The summed E-state index contributed by atoms with van der Waals surface area (Å²) in [5.41, 5.74) is 3.02. The largest absolute Gasteiger partial charge is 0.375 e. The standard InChI is InChI=1S/C21H24N2O3/c1-15-8-6-7-11-18(15)19(26-2)13-22-21(25)16-12-20(24)23(14-16)17-9-4-3-5-10-17/h3-11,16,19H,12-14H2,1-2H3,(H,22,25)/t16-,19-/m0/s1. The maximum atomic E-state index is 12.6. The molecule has 0 spiro atoms. The quantitative estimate of drug-likeness (QED) is 0.870. The molecule has 2 aromatic carbocycles. The number of aryl methyl sites for hydroxylation is 1. The zero-order valence-electron chi connectivity index (χ0n) is 15.1. The summed E-state index contributed by atoms with van der Waals surface area (Å²) in [6, 6.07) is 17.4. The lowest BCUT2D eigenvalue weighted by Crippen LogP contribution is -2.35. The molecule has 1 aliphatic rings. The summed E-state index contributed by atoms with van der Waals surface area (Å²) in [4.78, 5) is 26.5. The molecule has 3 rings (SSSR count). The van der Waals surface area contributed by atoms with Crippen LogP contribution in [-0.4, -0.2) is 32.0 Å². The average molecular weight is 352 g/mol. The van der Waals surface area contributed by atoms with Crippen molar-refractivity contribution in [1.29, 1.82) is 0 Å². The third kappa shape index (κ3) is 3.94. The summed E-state index contributed by atoms with van der Waals surface area (Å²) >= 11 is 0. The van der Waals surface area contributed by atoms with Gasteiger partial charge in [0.2, 0.25) is 11.8 Å². The third-order valence-corrected chi connectivity index (χ3v) is 4.85. The molecule has 2 aromatic rings. The van der Waals surface area contributed by atoms with Crippen LogP contribution in [0.25, 0.3) is 0 Å². The van der Waals surface area contributed by atoms with Gasteiger partial charge in [-0.15, -0.1) is 0 Å². The van der Waals surface area contributed by atoms with E-state index in [2.05, 4.69) is 5.32 Å². The molecule has 0 unspecified atom stereocenters. The van der Waals surface area contributed by atoms with Gasteiger partial charge >= 0.3 is 0 Å². The van der Waals surface area contributed by atoms with Gasteiger partial charge in [0.25, 0.3) is 0 Å². The van der Waals surface area contributed by atoms with Crippen LogP contribution >= 0.6 is 0 Å². The molecule has 5 nitrogen and oxygen atoms in total. The van der Waals surface area contributed by atoms with Gasteiger partial charge < -0.3 is 15.0 Å². The van der Waals surface area contributed by atoms with Crippen LogP contribution in [0.4, 0.5) is 5.69 Å². The number of nitrogens with zero attached hydrogens (tertiary/aromatic N) is 1. The minimum absolute atomic E-state index is 0.0152. The highest BCUT2D eigenvalue weighted by molar-refractivity contribution is 6.00. The number of methoxy groups -OCH3 is 1. The van der Waals surface area contributed by atoms with Crippen LogP contribution in [0.3, 0.4) is 0 Å². The highest BCUT2D eigenvalue weighted by atomic mass is 16.5. The number of rotatable bonds is 6. The van der Waals surface area contributed by atoms with Crippen molar-refractivity contribution >= 4 is 17.5 Å². The van der Waals surface area contributed by atoms with Gasteiger partial charge in [0.1, 0.15) is 0 Å². The second-order valence-corrected chi connectivity index (χ2v) is 6.57. The second-order valence-electron chi connectivity index (χ2n) is 6.57. The van der Waals surface area contributed by atoms with Gasteiger partial charge in [-0.3, -0.25) is 9.59 Å². The van der Waals surface area contributed by atoms with E-state index in [4.69, 9.17) is 4.74 Å². The van der Waals surface area contributed by atoms with E-state index >= 15 is 0 Å². The number of ether oxygens (including phenoxy) is 1. The number of carbonyl (C=O) groups is 2. The van der Waals surface area contributed by atoms with Crippen LogP contribution in [0.5, 0.6) is 0 Å². The normalized spacial score (nSPS) is 18.0. The monoisotopic (exact) mass is 352 g/mol. The SMILES string of the molecule is CO[C@@H](CNC(=O)[C@H]1CC(=O)N(c2ccccc2)C1)c1ccccc1C. The Labute approximate surface area is 154 Å². The van der Waals surface area contributed by atoms with Crippen molar-refractivity contribution in [2.75, 3.05) is 25.1 Å². The number of hydrogen-bond acceptors (Lipinski definition) is 3. The van der Waals surface area contributed by atoms with Crippen LogP contribution in [0.1, 0.15) is 23.7 Å². The van der Waals surface area contributed by atoms with Crippen LogP contribution in [-0.2, 0) is 14.3 Å². The number of para-hydroxylation sites is 1. The van der Waals surface area contributed by atoms with Crippen molar-refractivity contribution < 1.29 is 14.3 Å². The third-order valence-electron chi connectivity index (χ3n) is 4.85. The molecule has 2 atom stereocenters. The summed E-state index contributed by atoms with van der Waals surface area (Å²) in [5, 5.41) is 2.95. The van der Waals surface area contributed by atoms with E-state index in [0.29, 0.717) is 13.1 Å². The van der Waals surface area contributed by atoms with Gasteiger partial charge in [-0.2, -0.15) is 0 Å². The summed E-state index contributed by atoms with van der Waals surface area (Å²) in [6.07, 6.45) is 0.0328. The van der Waals surface area contributed by atoms with Crippen LogP contribution in [0.15, 0.2) is 54.6 Å². The van der Waals surface area contributed by atoms with Gasteiger partial charge in [0.05, 0.1) is 12.0 Å². The zero-order valence-corrected chi connectivity index (χ0v) is 15.1. The van der Waals surface area contributed by atoms with Crippen LogP contribution in [0, 0.1) is 12.8 Å². The summed E-state index contributed by atoms with van der Waals surface area (Å²) in [5.74, 6) is -0.456. The molecule has 26 heavy (non-hydrogen) atoms. The summed E-state index contributed by atoms with van der Waals surface area (Å²) in [7, 11) is 1.64. The Bertz CT molecular complexity index is 776. The molecule has 1 N–H and O–H groups in total. The fraction of sp³-hybridized carbons (Fsp3) is 0.333. The van der Waals surface area contributed by atoms with E-state index in [1.165, 1.54) is 0 Å². The van der Waals surface area contributed by atoms with Gasteiger partial charge in [-0.1, -0.05) is 42.5 Å². The first kappa shape index (κ1) is 18.1. The lowest BCUT2D eigenvalue weighted by Gasteiger charge is -2.20. The number of amides is 2. The molecule has 0 aliphatic carbocycles. The molecular formula is C21H24N2O3. The van der Waals surface area contributed by atoms with Gasteiger partial charge in [-0.05, 0) is 30.2 Å². The number of nitrogens with one attached hydrogen (secondary N) is 1. The molecule has 0 bridgehead atoms. The van der Waals surface area contributed by atoms with E-state index in [1.807, 2.05) is 61.5 Å². The molecule has 1 saturated heterocycles. The molecule has 0 aromatic heterocycles. The minimum atomic E-state index is -0.336. The predicted octanol–water partition coefficient (Wildman–Crippen LogP) is 2.85. The van der Waals surface area contributed by atoms with Crippen molar-refractivity contribution in [1.82, 2.24) is 5.32 Å². The Balaban J connectivity index is 1.60. The highest BCUT2D eigenvalue weighted by Gasteiger charge is 2.35. The zero-order chi connectivity index (χ0) is 18.5. The first-order valence-corrected chi connectivity index (χ1v) is 8.81. The summed E-state index contributed by atoms with van der Waals surface area (Å²) in [6.45, 7) is 2.82. The van der Waals surface area contributed by atoms with E-state index < -0.39 is 0 Å². The van der Waals surface area contributed by atoms with E-state index in [0.717, 1.165) is 16.8 Å². The number of hydrogen-bond donors (Lipinski definition) is 1. The van der Waals surface area contributed by atoms with Gasteiger partial charge in [0, 0.05) is 32.3 Å². The molecule has 0 saturated carbocycles. The molecule has 0 radical (unpaired) electrons. The van der Waals surface area contributed by atoms with Gasteiger partial charge in [0.15, 0.2) is 0 Å². The smallest absolute Gasteiger partial charge is 0.227 e. The first-order valence-electron chi connectivity index (χ1n) is 8.81. The lowest BCUT2D eigenvalue weighted by molar-refractivity contribution is -0.126. The molecular weight excluding hydrogens is 328 g/mol. The number of carbonyl (C=O) groups excluding carboxylic acids is 2. The fourth-order valence-electron chi connectivity index (χ4n) is 3.35. The molecule has 5 heteroatoms. The Morgan fingerprint density at radius 3 is 2.58 bits per heavy atom. The Kier molecular flexibility index (Phi) is 5.68. The highest BCUT2D eigenvalue weighted by Crippen LogP contribution is 2.25. The molecule has 1 heterocycles. The maximum Gasteiger partial charge on any atom is 0.227 e. The molecule has 1 aliphatic heterocycles. The van der Waals surface area contributed by atoms with E-state index in [1.54, 1.807) is 12.0 Å². The van der Waals surface area contributed by atoms with Gasteiger partial charge in [-0.25, -0.2) is 0 Å². The molecule has 136 valence electrons. The predicted molar refractivity (Wildman–Crippen MR) is 101 cm³/mol. The molecule has 2 amide bonds. The Hall–Kier alpha value is -2.66. The Morgan fingerprint density at radius 2 is 1.88 bits per heavy atom. The Morgan fingerprint density at radius 1 is 1.19 bits per heavy atom. The second kappa shape index (κ2) is 8.15. The van der Waals surface area contributed by atoms with E-state index in [-0.39, 0.29) is 30.3 Å². The maximum absolute atomic E-state index is 12.6. The number of benzene rings is 2. The van der Waals surface area contributed by atoms with Crippen molar-refractivity contribution in [3.05, 3.63) is 65.7 Å². The van der Waals surface area contributed by atoms with Crippen molar-refractivity contribution in [2.45, 2.75) is 19.4 Å². The van der Waals surface area contributed by atoms with Crippen molar-refractivity contribution in [2.24, 2.45) is 5.92 Å².